The number of amides is 1. The SMILES string of the molecule is CN(C)[C@H]1C(=O)C(C(N)=O)=C(O)[C@@]2(O)C(=O)C3=C(O)c4c(O)ccc(-c5ccc(F)c(F)c5)c4C[C@@H]3C[C@H]12. The molecule has 2 aromatic rings. The summed E-state index contributed by atoms with van der Waals surface area (Å²) in [5.74, 6) is -9.69. The lowest BCUT2D eigenvalue weighted by atomic mass is 9.57. The number of carbonyl (C=O) groups excluding carboxylic acids is 3. The number of nitrogens with two attached hydrogens (primary N) is 1. The van der Waals surface area contributed by atoms with Gasteiger partial charge >= 0.3 is 0 Å². The van der Waals surface area contributed by atoms with E-state index in [-0.39, 0.29) is 29.5 Å². The average Bonchev–Trinajstić information content (AvgIpc) is 2.83. The van der Waals surface area contributed by atoms with Gasteiger partial charge in [0.15, 0.2) is 23.0 Å². The van der Waals surface area contributed by atoms with Gasteiger partial charge in [-0.2, -0.15) is 0 Å². The summed E-state index contributed by atoms with van der Waals surface area (Å²) in [5, 5.41) is 44.3. The molecular weight excluding hydrogens is 502 g/mol. The number of nitrogens with zero attached hydrogens (tertiary/aromatic N) is 1. The van der Waals surface area contributed by atoms with Gasteiger partial charge in [0.25, 0.3) is 5.91 Å². The Morgan fingerprint density at radius 2 is 1.76 bits per heavy atom. The fourth-order valence-corrected chi connectivity index (χ4v) is 6.18. The summed E-state index contributed by atoms with van der Waals surface area (Å²) in [7, 11) is 3.01. The molecule has 0 heterocycles. The van der Waals surface area contributed by atoms with Crippen molar-refractivity contribution in [2.24, 2.45) is 17.6 Å². The molecule has 0 unspecified atom stereocenters. The number of aliphatic hydroxyl groups is 3. The number of likely N-dealkylation sites (N-methyl/N-ethyl adjacent to an activating group) is 1. The maximum absolute atomic E-state index is 14.0. The first-order valence-electron chi connectivity index (χ1n) is 11.8. The highest BCUT2D eigenvalue weighted by atomic mass is 19.2. The molecule has 1 saturated carbocycles. The van der Waals surface area contributed by atoms with Gasteiger partial charge in [-0.1, -0.05) is 12.1 Å². The predicted molar refractivity (Wildman–Crippen MR) is 130 cm³/mol. The van der Waals surface area contributed by atoms with Gasteiger partial charge in [0.2, 0.25) is 5.78 Å². The number of rotatable bonds is 3. The molecule has 3 aliphatic carbocycles. The van der Waals surface area contributed by atoms with Crippen LogP contribution in [0.25, 0.3) is 16.9 Å². The second kappa shape index (κ2) is 8.47. The van der Waals surface area contributed by atoms with Crippen molar-refractivity contribution in [1.29, 1.82) is 0 Å². The lowest BCUT2D eigenvalue weighted by Crippen LogP contribution is -2.65. The molecule has 11 heteroatoms. The average molecular weight is 526 g/mol. The summed E-state index contributed by atoms with van der Waals surface area (Å²) in [6.07, 6.45) is -0.0596. The number of primary amides is 1. The third-order valence-corrected chi connectivity index (χ3v) is 7.83. The van der Waals surface area contributed by atoms with E-state index in [0.717, 1.165) is 12.1 Å². The standard InChI is InChI=1S/C27H24F2N2O7/c1-31(2)21-14-8-11-7-13-12(10-3-5-15(28)16(29)9-10)4-6-17(32)19(13)22(33)18(11)24(35)27(14,38)25(36)20(23(21)34)26(30)37/h3-6,9,11,14,21,32-33,36,38H,7-8H2,1-2H3,(H2,30,37)/t11-,14-,21-,27+/m1/s1. The summed E-state index contributed by atoms with van der Waals surface area (Å²) in [5.41, 5.74) is 2.23. The van der Waals surface area contributed by atoms with Gasteiger partial charge in [-0.3, -0.25) is 19.3 Å². The van der Waals surface area contributed by atoms with Crippen molar-refractivity contribution in [3.63, 3.8) is 0 Å². The quantitative estimate of drug-likeness (QED) is 0.379. The molecule has 5 rings (SSSR count). The van der Waals surface area contributed by atoms with E-state index in [4.69, 9.17) is 5.73 Å². The molecule has 198 valence electrons. The second-order valence-corrected chi connectivity index (χ2v) is 10.1. The zero-order valence-corrected chi connectivity index (χ0v) is 20.3. The second-order valence-electron chi connectivity index (χ2n) is 10.1. The number of aliphatic hydroxyl groups excluding tert-OH is 2. The Bertz CT molecular complexity index is 1510. The van der Waals surface area contributed by atoms with Crippen LogP contribution < -0.4 is 5.73 Å². The highest BCUT2D eigenvalue weighted by Gasteiger charge is 2.64. The Hall–Kier alpha value is -4.09. The van der Waals surface area contributed by atoms with Crippen LogP contribution >= 0.6 is 0 Å². The van der Waals surface area contributed by atoms with Gasteiger partial charge in [0.1, 0.15) is 22.8 Å². The van der Waals surface area contributed by atoms with E-state index in [0.29, 0.717) is 11.1 Å². The van der Waals surface area contributed by atoms with Crippen molar-refractivity contribution in [3.8, 4) is 16.9 Å². The molecule has 1 fully saturated rings. The summed E-state index contributed by atoms with van der Waals surface area (Å²) in [6.45, 7) is 0. The number of phenols is 1. The maximum Gasteiger partial charge on any atom is 0.255 e. The third-order valence-electron chi connectivity index (χ3n) is 7.83. The van der Waals surface area contributed by atoms with Crippen LogP contribution in [-0.2, 0) is 20.8 Å². The Morgan fingerprint density at radius 3 is 2.37 bits per heavy atom. The van der Waals surface area contributed by atoms with E-state index in [1.807, 2.05) is 0 Å². The molecule has 4 atom stereocenters. The highest BCUT2D eigenvalue weighted by molar-refractivity contribution is 6.24. The van der Waals surface area contributed by atoms with E-state index >= 15 is 0 Å². The number of aromatic hydroxyl groups is 1. The molecule has 1 amide bonds. The molecule has 38 heavy (non-hydrogen) atoms. The van der Waals surface area contributed by atoms with Gasteiger partial charge < -0.3 is 26.2 Å². The number of phenolic OH excluding ortho intramolecular Hbond substituents is 1. The minimum Gasteiger partial charge on any atom is -0.508 e. The summed E-state index contributed by atoms with van der Waals surface area (Å²) in [6, 6.07) is 4.74. The lowest BCUT2D eigenvalue weighted by molar-refractivity contribution is -0.153. The molecule has 2 aromatic carbocycles. The van der Waals surface area contributed by atoms with E-state index in [9.17, 15) is 43.6 Å². The topological polar surface area (TPSA) is 161 Å². The largest absolute Gasteiger partial charge is 0.508 e. The molecule has 0 saturated heterocycles. The zero-order chi connectivity index (χ0) is 27.8. The first-order chi connectivity index (χ1) is 17.8. The van der Waals surface area contributed by atoms with Gasteiger partial charge in [0, 0.05) is 11.5 Å². The van der Waals surface area contributed by atoms with Crippen LogP contribution in [0.3, 0.4) is 0 Å². The molecule has 0 aliphatic heterocycles. The van der Waals surface area contributed by atoms with Crippen LogP contribution in [0, 0.1) is 23.5 Å². The molecule has 9 nitrogen and oxygen atoms in total. The van der Waals surface area contributed by atoms with Crippen LogP contribution in [0.4, 0.5) is 8.78 Å². The molecule has 0 spiro atoms. The van der Waals surface area contributed by atoms with Crippen LogP contribution in [0.15, 0.2) is 47.2 Å². The summed E-state index contributed by atoms with van der Waals surface area (Å²) >= 11 is 0. The number of carbonyl (C=O) groups is 3. The number of Topliss-reactive ketones (excluding diaryl/α,β-unsaturated/α-hetero) is 2. The number of fused-ring (bicyclic) bond motifs is 3. The molecule has 0 radical (unpaired) electrons. The smallest absolute Gasteiger partial charge is 0.255 e. The number of ketones is 2. The fraction of sp³-hybridized carbons (Fsp3) is 0.296. The maximum atomic E-state index is 14.0. The monoisotopic (exact) mass is 526 g/mol. The highest BCUT2D eigenvalue weighted by Crippen LogP contribution is 2.53. The van der Waals surface area contributed by atoms with E-state index in [1.54, 1.807) is 0 Å². The lowest BCUT2D eigenvalue weighted by Gasteiger charge is -2.50. The number of benzene rings is 2. The molecule has 3 aliphatic rings. The molecule has 0 aromatic heterocycles. The Kier molecular flexibility index (Phi) is 5.69. The van der Waals surface area contributed by atoms with Crippen molar-refractivity contribution in [3.05, 3.63) is 70.0 Å². The van der Waals surface area contributed by atoms with Crippen molar-refractivity contribution >= 4 is 23.2 Å². The predicted octanol–water partition coefficient (Wildman–Crippen LogP) is 1.91. The van der Waals surface area contributed by atoms with Crippen LogP contribution in [0.1, 0.15) is 17.5 Å². The first kappa shape index (κ1) is 25.6. The van der Waals surface area contributed by atoms with Gasteiger partial charge in [-0.15, -0.1) is 0 Å². The minimum atomic E-state index is -2.74. The summed E-state index contributed by atoms with van der Waals surface area (Å²) < 4.78 is 27.6. The normalized spacial score (nSPS) is 26.8. The summed E-state index contributed by atoms with van der Waals surface area (Å²) in [4.78, 5) is 40.4. The van der Waals surface area contributed by atoms with Gasteiger partial charge in [0.05, 0.1) is 11.6 Å². The van der Waals surface area contributed by atoms with Crippen LogP contribution in [-0.4, -0.2) is 68.5 Å². The molecule has 0 bridgehead atoms. The van der Waals surface area contributed by atoms with E-state index < -0.39 is 75.4 Å². The number of hydrogen-bond acceptors (Lipinski definition) is 8. The fourth-order valence-electron chi connectivity index (χ4n) is 6.18. The van der Waals surface area contributed by atoms with Crippen LogP contribution in [0.5, 0.6) is 5.75 Å². The van der Waals surface area contributed by atoms with Gasteiger partial charge in [-0.25, -0.2) is 8.78 Å². The Labute approximate surface area is 215 Å². The minimum absolute atomic E-state index is 0.0251. The zero-order valence-electron chi connectivity index (χ0n) is 20.3. The molecular formula is C27H24F2N2O7. The number of hydrogen-bond donors (Lipinski definition) is 5. The van der Waals surface area contributed by atoms with Crippen LogP contribution in [0.2, 0.25) is 0 Å². The van der Waals surface area contributed by atoms with E-state index in [1.165, 1.54) is 37.2 Å². The van der Waals surface area contributed by atoms with Crippen molar-refractivity contribution < 1.29 is 43.6 Å². The molecule has 6 N–H and O–H groups in total. The Morgan fingerprint density at radius 1 is 1.08 bits per heavy atom. The first-order valence-corrected chi connectivity index (χ1v) is 11.8. The van der Waals surface area contributed by atoms with E-state index in [2.05, 4.69) is 0 Å². The van der Waals surface area contributed by atoms with Gasteiger partial charge in [-0.05, 0) is 67.7 Å². The Balaban J connectivity index is 1.74. The van der Waals surface area contributed by atoms with Crippen molar-refractivity contribution in [1.82, 2.24) is 4.90 Å². The van der Waals surface area contributed by atoms with Crippen molar-refractivity contribution in [2.45, 2.75) is 24.5 Å². The van der Waals surface area contributed by atoms with Crippen molar-refractivity contribution in [2.75, 3.05) is 14.1 Å². The third kappa shape index (κ3) is 3.31. The number of halogens is 2.